The van der Waals surface area contributed by atoms with Gasteiger partial charge in [-0.25, -0.2) is 4.39 Å². The molecule has 1 aromatic carbocycles. The number of methoxy groups -OCH3 is 1. The third kappa shape index (κ3) is 4.94. The van der Waals surface area contributed by atoms with Crippen LogP contribution in [0.15, 0.2) is 18.2 Å². The fourth-order valence-corrected chi connectivity index (χ4v) is 4.36. The highest BCUT2D eigenvalue weighted by Gasteiger charge is 2.31. The molecule has 2 unspecified atom stereocenters. The standard InChI is InChI=1S/C23H32FN5O3/c1-15(2)21(25-23(30)16-7-11-32-14-16)22-27-26-20-6-8-28(9-10-29(20)22)13-17-12-18(31-3)4-5-19(17)24/h4-5,12,15-16,21H,6-11,13-14H2,1-3H3,(H,25,30). The Kier molecular flexibility index (Phi) is 7.05. The first-order valence-electron chi connectivity index (χ1n) is 11.3. The van der Waals surface area contributed by atoms with Crippen molar-refractivity contribution in [2.24, 2.45) is 11.8 Å². The Morgan fingerprint density at radius 1 is 1.31 bits per heavy atom. The van der Waals surface area contributed by atoms with Crippen molar-refractivity contribution >= 4 is 5.91 Å². The molecular weight excluding hydrogens is 413 g/mol. The van der Waals surface area contributed by atoms with Crippen LogP contribution >= 0.6 is 0 Å². The van der Waals surface area contributed by atoms with Crippen LogP contribution in [-0.2, 0) is 29.0 Å². The predicted molar refractivity (Wildman–Crippen MR) is 117 cm³/mol. The minimum absolute atomic E-state index is 0.0160. The SMILES string of the molecule is COc1ccc(F)c(CN2CCc3nnc(C(NC(=O)C4CCOC4)C(C)C)n3CC2)c1. The van der Waals surface area contributed by atoms with Crippen molar-refractivity contribution < 1.29 is 18.7 Å². The fourth-order valence-electron chi connectivity index (χ4n) is 4.36. The normalized spacial score (nSPS) is 20.1. The van der Waals surface area contributed by atoms with Crippen LogP contribution in [0.25, 0.3) is 0 Å². The summed E-state index contributed by atoms with van der Waals surface area (Å²) in [7, 11) is 1.58. The van der Waals surface area contributed by atoms with Crippen LogP contribution < -0.4 is 10.1 Å². The average Bonchev–Trinajstić information content (AvgIpc) is 3.41. The minimum Gasteiger partial charge on any atom is -0.497 e. The van der Waals surface area contributed by atoms with Crippen molar-refractivity contribution in [3.8, 4) is 5.75 Å². The van der Waals surface area contributed by atoms with E-state index in [2.05, 4.69) is 38.8 Å². The van der Waals surface area contributed by atoms with E-state index in [1.165, 1.54) is 6.07 Å². The third-order valence-corrected chi connectivity index (χ3v) is 6.34. The molecule has 1 N–H and O–H groups in total. The van der Waals surface area contributed by atoms with Crippen LogP contribution in [0.1, 0.15) is 43.5 Å². The fraction of sp³-hybridized carbons (Fsp3) is 0.609. The maximum atomic E-state index is 14.3. The largest absolute Gasteiger partial charge is 0.497 e. The molecule has 0 saturated carbocycles. The Morgan fingerprint density at radius 3 is 2.88 bits per heavy atom. The number of amides is 1. The van der Waals surface area contributed by atoms with Crippen molar-refractivity contribution in [2.75, 3.05) is 33.4 Å². The Morgan fingerprint density at radius 2 is 2.16 bits per heavy atom. The lowest BCUT2D eigenvalue weighted by Gasteiger charge is -2.24. The van der Waals surface area contributed by atoms with E-state index >= 15 is 0 Å². The summed E-state index contributed by atoms with van der Waals surface area (Å²) in [6.45, 7) is 7.95. The third-order valence-electron chi connectivity index (χ3n) is 6.34. The van der Waals surface area contributed by atoms with E-state index < -0.39 is 0 Å². The molecule has 9 heteroatoms. The summed E-state index contributed by atoms with van der Waals surface area (Å²) in [6.07, 6.45) is 1.47. The van der Waals surface area contributed by atoms with Gasteiger partial charge in [0.15, 0.2) is 5.82 Å². The lowest BCUT2D eigenvalue weighted by atomic mass is 10.0. The molecule has 1 amide bonds. The first-order valence-corrected chi connectivity index (χ1v) is 11.3. The molecule has 1 aromatic heterocycles. The zero-order chi connectivity index (χ0) is 22.7. The number of hydrogen-bond donors (Lipinski definition) is 1. The van der Waals surface area contributed by atoms with E-state index in [0.29, 0.717) is 44.0 Å². The zero-order valence-corrected chi connectivity index (χ0v) is 19.0. The molecule has 1 fully saturated rings. The van der Waals surface area contributed by atoms with Crippen LogP contribution in [0.3, 0.4) is 0 Å². The lowest BCUT2D eigenvalue weighted by Crippen LogP contribution is -2.38. The van der Waals surface area contributed by atoms with Gasteiger partial charge in [0.2, 0.25) is 5.91 Å². The Labute approximate surface area is 188 Å². The van der Waals surface area contributed by atoms with Crippen molar-refractivity contribution in [1.82, 2.24) is 25.0 Å². The van der Waals surface area contributed by atoms with Crippen LogP contribution in [0.5, 0.6) is 5.75 Å². The Balaban J connectivity index is 1.46. The van der Waals surface area contributed by atoms with Crippen LogP contribution in [0.2, 0.25) is 0 Å². The summed E-state index contributed by atoms with van der Waals surface area (Å²) in [5, 5.41) is 12.1. The predicted octanol–water partition coefficient (Wildman–Crippen LogP) is 2.33. The molecule has 0 aliphatic carbocycles. The van der Waals surface area contributed by atoms with Crippen LogP contribution in [0, 0.1) is 17.7 Å². The van der Waals surface area contributed by atoms with E-state index in [0.717, 1.165) is 31.2 Å². The number of fused-ring (bicyclic) bond motifs is 1. The van der Waals surface area contributed by atoms with Gasteiger partial charge in [0, 0.05) is 44.8 Å². The molecule has 2 aliphatic rings. The number of nitrogens with one attached hydrogen (secondary N) is 1. The second kappa shape index (κ2) is 9.95. The van der Waals surface area contributed by atoms with Gasteiger partial charge in [-0.2, -0.15) is 0 Å². The summed E-state index contributed by atoms with van der Waals surface area (Å²) in [5.41, 5.74) is 0.619. The number of benzene rings is 1. The molecule has 0 bridgehead atoms. The molecule has 0 radical (unpaired) electrons. The number of halogens is 1. The van der Waals surface area contributed by atoms with Crippen molar-refractivity contribution in [2.45, 2.75) is 45.8 Å². The quantitative estimate of drug-likeness (QED) is 0.705. The topological polar surface area (TPSA) is 81.5 Å². The Hall–Kier alpha value is -2.52. The van der Waals surface area contributed by atoms with Crippen LogP contribution in [0.4, 0.5) is 4.39 Å². The number of nitrogens with zero attached hydrogens (tertiary/aromatic N) is 4. The average molecular weight is 446 g/mol. The van der Waals surface area contributed by atoms with Gasteiger partial charge in [0.1, 0.15) is 17.4 Å². The molecule has 174 valence electrons. The highest BCUT2D eigenvalue weighted by atomic mass is 19.1. The van der Waals surface area contributed by atoms with Gasteiger partial charge in [0.25, 0.3) is 0 Å². The number of ether oxygens (including phenoxy) is 2. The zero-order valence-electron chi connectivity index (χ0n) is 19.0. The molecule has 3 heterocycles. The summed E-state index contributed by atoms with van der Waals surface area (Å²) >= 11 is 0. The molecule has 2 atom stereocenters. The summed E-state index contributed by atoms with van der Waals surface area (Å²) in [4.78, 5) is 14.9. The minimum atomic E-state index is -0.228. The van der Waals surface area contributed by atoms with E-state index in [-0.39, 0.29) is 29.6 Å². The van der Waals surface area contributed by atoms with Gasteiger partial charge in [0.05, 0.1) is 25.7 Å². The highest BCUT2D eigenvalue weighted by Crippen LogP contribution is 2.25. The second-order valence-corrected chi connectivity index (χ2v) is 8.90. The Bertz CT molecular complexity index is 942. The van der Waals surface area contributed by atoms with E-state index in [1.54, 1.807) is 19.2 Å². The van der Waals surface area contributed by atoms with Gasteiger partial charge in [-0.05, 0) is 30.5 Å². The monoisotopic (exact) mass is 445 g/mol. The molecular formula is C23H32FN5O3. The molecule has 1 saturated heterocycles. The van der Waals surface area contributed by atoms with E-state index in [1.807, 2.05) is 0 Å². The summed E-state index contributed by atoms with van der Waals surface area (Å²) < 4.78 is 27.1. The van der Waals surface area contributed by atoms with Gasteiger partial charge in [-0.1, -0.05) is 13.8 Å². The molecule has 8 nitrogen and oxygen atoms in total. The van der Waals surface area contributed by atoms with Crippen molar-refractivity contribution in [3.63, 3.8) is 0 Å². The van der Waals surface area contributed by atoms with E-state index in [4.69, 9.17) is 9.47 Å². The lowest BCUT2D eigenvalue weighted by molar-refractivity contribution is -0.126. The molecule has 2 aromatic rings. The van der Waals surface area contributed by atoms with Gasteiger partial charge >= 0.3 is 0 Å². The number of carbonyl (C=O) groups excluding carboxylic acids is 1. The van der Waals surface area contributed by atoms with Crippen LogP contribution in [-0.4, -0.2) is 59.0 Å². The molecule has 0 spiro atoms. The second-order valence-electron chi connectivity index (χ2n) is 8.90. The van der Waals surface area contributed by atoms with Gasteiger partial charge in [-0.15, -0.1) is 10.2 Å². The van der Waals surface area contributed by atoms with Gasteiger partial charge in [-0.3, -0.25) is 9.69 Å². The first kappa shape index (κ1) is 22.7. The number of rotatable bonds is 7. The smallest absolute Gasteiger partial charge is 0.226 e. The molecule has 4 rings (SSSR count). The number of carbonyl (C=O) groups is 1. The number of aromatic nitrogens is 3. The van der Waals surface area contributed by atoms with E-state index in [9.17, 15) is 9.18 Å². The molecule has 32 heavy (non-hydrogen) atoms. The van der Waals surface area contributed by atoms with Gasteiger partial charge < -0.3 is 19.4 Å². The first-order chi connectivity index (χ1) is 15.5. The van der Waals surface area contributed by atoms with Crippen molar-refractivity contribution in [1.29, 1.82) is 0 Å². The summed E-state index contributed by atoms with van der Waals surface area (Å²) in [6, 6.07) is 4.62. The molecule has 2 aliphatic heterocycles. The maximum Gasteiger partial charge on any atom is 0.226 e. The van der Waals surface area contributed by atoms with Crippen molar-refractivity contribution in [3.05, 3.63) is 41.2 Å². The maximum absolute atomic E-state index is 14.3. The number of hydrogen-bond acceptors (Lipinski definition) is 6. The summed E-state index contributed by atoms with van der Waals surface area (Å²) in [5.74, 6) is 2.19. The highest BCUT2D eigenvalue weighted by molar-refractivity contribution is 5.79.